The van der Waals surface area contributed by atoms with E-state index in [-0.39, 0.29) is 0 Å². The molecular weight excluding hydrogens is 156 g/mol. The molecule has 2 rings (SSSR count). The van der Waals surface area contributed by atoms with Crippen molar-refractivity contribution in [3.8, 4) is 10.6 Å². The van der Waals surface area contributed by atoms with E-state index < -0.39 is 0 Å². The first-order valence-electron chi connectivity index (χ1n) is 3.19. The molecule has 0 aliphatic heterocycles. The Kier molecular flexibility index (Phi) is 1.65. The standard InChI is InChI=1S/C8H5N2S/c1-2-7(6-9-3-1)8-10-4-5-11-8/h1-3,5-6H. The predicted octanol–water partition coefficient (Wildman–Crippen LogP) is 2.01. The summed E-state index contributed by atoms with van der Waals surface area (Å²) in [6, 6.07) is 3.89. The van der Waals surface area contributed by atoms with Crippen molar-refractivity contribution < 1.29 is 0 Å². The topological polar surface area (TPSA) is 25.8 Å². The average molecular weight is 161 g/mol. The molecule has 0 aliphatic rings. The van der Waals surface area contributed by atoms with Gasteiger partial charge in [-0.15, -0.1) is 11.3 Å². The normalized spacial score (nSPS) is 9.82. The highest BCUT2D eigenvalue weighted by Crippen LogP contribution is 2.19. The monoisotopic (exact) mass is 161 g/mol. The molecule has 2 aromatic rings. The Morgan fingerprint density at radius 1 is 1.45 bits per heavy atom. The number of rotatable bonds is 1. The van der Waals surface area contributed by atoms with Crippen molar-refractivity contribution in [2.24, 2.45) is 0 Å². The minimum absolute atomic E-state index is 0.970. The maximum Gasteiger partial charge on any atom is 0.125 e. The molecule has 3 heteroatoms. The summed E-state index contributed by atoms with van der Waals surface area (Å²) >= 11 is 1.57. The summed E-state index contributed by atoms with van der Waals surface area (Å²) in [5.74, 6) is 0. The maximum absolute atomic E-state index is 4.04. The van der Waals surface area contributed by atoms with E-state index in [1.54, 1.807) is 23.7 Å². The van der Waals surface area contributed by atoms with Gasteiger partial charge in [0.2, 0.25) is 0 Å². The molecule has 0 aromatic carbocycles. The fraction of sp³-hybridized carbons (Fsp3) is 0. The summed E-state index contributed by atoms with van der Waals surface area (Å²) in [4.78, 5) is 8.03. The number of hydrogen-bond donors (Lipinski definition) is 0. The van der Waals surface area contributed by atoms with Crippen LogP contribution >= 0.6 is 11.3 Å². The summed E-state index contributed by atoms with van der Waals surface area (Å²) in [6.45, 7) is 0. The van der Waals surface area contributed by atoms with Crippen LogP contribution in [0.5, 0.6) is 0 Å². The van der Waals surface area contributed by atoms with E-state index >= 15 is 0 Å². The molecule has 0 atom stereocenters. The van der Waals surface area contributed by atoms with Crippen molar-refractivity contribution >= 4 is 11.3 Å². The van der Waals surface area contributed by atoms with Crippen molar-refractivity contribution in [3.05, 3.63) is 36.1 Å². The summed E-state index contributed by atoms with van der Waals surface area (Å²) < 4.78 is 0. The molecular formula is C8H5N2S. The summed E-state index contributed by atoms with van der Waals surface area (Å²) in [5.41, 5.74) is 1.05. The Hall–Kier alpha value is -1.22. The lowest BCUT2D eigenvalue weighted by Crippen LogP contribution is -1.75. The fourth-order valence-electron chi connectivity index (χ4n) is 0.815. The molecule has 53 valence electrons. The van der Waals surface area contributed by atoms with E-state index in [9.17, 15) is 0 Å². The van der Waals surface area contributed by atoms with Gasteiger partial charge in [0.15, 0.2) is 0 Å². The van der Waals surface area contributed by atoms with Crippen LogP contribution in [0, 0.1) is 6.20 Å². The molecule has 0 saturated heterocycles. The minimum atomic E-state index is 0.970. The van der Waals surface area contributed by atoms with Gasteiger partial charge in [0, 0.05) is 23.3 Å². The second-order valence-corrected chi connectivity index (χ2v) is 2.88. The van der Waals surface area contributed by atoms with Gasteiger partial charge in [-0.1, -0.05) is 0 Å². The highest BCUT2D eigenvalue weighted by atomic mass is 32.1. The third-order valence-electron chi connectivity index (χ3n) is 1.30. The Labute approximate surface area is 68.6 Å². The van der Waals surface area contributed by atoms with E-state index in [0.717, 1.165) is 10.6 Å². The molecule has 0 fully saturated rings. The molecule has 0 saturated carbocycles. The zero-order valence-corrected chi connectivity index (χ0v) is 6.51. The van der Waals surface area contributed by atoms with E-state index in [4.69, 9.17) is 0 Å². The van der Waals surface area contributed by atoms with Crippen LogP contribution in [0.15, 0.2) is 29.9 Å². The van der Waals surface area contributed by atoms with E-state index in [0.29, 0.717) is 0 Å². The van der Waals surface area contributed by atoms with Crippen molar-refractivity contribution in [3.63, 3.8) is 0 Å². The molecule has 0 aliphatic carbocycles. The molecule has 0 unspecified atom stereocenters. The van der Waals surface area contributed by atoms with Crippen LogP contribution in [-0.4, -0.2) is 9.97 Å². The largest absolute Gasteiger partial charge is 0.264 e. The SMILES string of the molecule is [c]1csc(-c2cccnc2)n1. The Balaban J connectivity index is 2.46. The van der Waals surface area contributed by atoms with Crippen LogP contribution in [0.2, 0.25) is 0 Å². The Morgan fingerprint density at radius 3 is 3.09 bits per heavy atom. The van der Waals surface area contributed by atoms with Crippen LogP contribution in [-0.2, 0) is 0 Å². The number of pyridine rings is 1. The lowest BCUT2D eigenvalue weighted by Gasteiger charge is -1.90. The van der Waals surface area contributed by atoms with Crippen LogP contribution in [0.25, 0.3) is 10.6 Å². The molecule has 2 aromatic heterocycles. The van der Waals surface area contributed by atoms with Crippen LogP contribution in [0.1, 0.15) is 0 Å². The quantitative estimate of drug-likeness (QED) is 0.639. The van der Waals surface area contributed by atoms with Gasteiger partial charge in [0.1, 0.15) is 11.2 Å². The fourth-order valence-corrected chi connectivity index (χ4v) is 1.39. The second kappa shape index (κ2) is 2.80. The van der Waals surface area contributed by atoms with Crippen LogP contribution in [0.4, 0.5) is 0 Å². The van der Waals surface area contributed by atoms with E-state index in [2.05, 4.69) is 16.2 Å². The predicted molar refractivity (Wildman–Crippen MR) is 44.2 cm³/mol. The van der Waals surface area contributed by atoms with Gasteiger partial charge in [-0.05, 0) is 12.1 Å². The van der Waals surface area contributed by atoms with Gasteiger partial charge in [-0.25, -0.2) is 4.98 Å². The smallest absolute Gasteiger partial charge is 0.125 e. The first kappa shape index (κ1) is 6.49. The average Bonchev–Trinajstić information content (AvgIpc) is 2.58. The van der Waals surface area contributed by atoms with Crippen molar-refractivity contribution in [2.45, 2.75) is 0 Å². The number of hydrogen-bond acceptors (Lipinski definition) is 3. The second-order valence-electron chi connectivity index (χ2n) is 2.02. The van der Waals surface area contributed by atoms with Crippen LogP contribution in [0.3, 0.4) is 0 Å². The zero-order valence-electron chi connectivity index (χ0n) is 5.69. The molecule has 2 heterocycles. The third-order valence-corrected chi connectivity index (χ3v) is 2.07. The number of aromatic nitrogens is 2. The van der Waals surface area contributed by atoms with Gasteiger partial charge < -0.3 is 0 Å². The maximum atomic E-state index is 4.04. The summed E-state index contributed by atoms with van der Waals surface area (Å²) in [5, 5.41) is 2.81. The van der Waals surface area contributed by atoms with E-state index in [1.807, 2.05) is 17.5 Å². The first-order chi connectivity index (χ1) is 5.47. The molecule has 1 radical (unpaired) electrons. The molecule has 2 nitrogen and oxygen atoms in total. The van der Waals surface area contributed by atoms with Gasteiger partial charge in [0.05, 0.1) is 0 Å². The molecule has 0 amide bonds. The third kappa shape index (κ3) is 1.28. The lowest BCUT2D eigenvalue weighted by molar-refractivity contribution is 1.31. The molecule has 11 heavy (non-hydrogen) atoms. The van der Waals surface area contributed by atoms with E-state index in [1.165, 1.54) is 0 Å². The molecule has 0 bridgehead atoms. The van der Waals surface area contributed by atoms with Gasteiger partial charge in [-0.3, -0.25) is 4.98 Å². The Bertz CT molecular complexity index is 315. The lowest BCUT2D eigenvalue weighted by atomic mass is 10.3. The minimum Gasteiger partial charge on any atom is -0.264 e. The Morgan fingerprint density at radius 2 is 2.45 bits per heavy atom. The van der Waals surface area contributed by atoms with Crippen LogP contribution < -0.4 is 0 Å². The molecule has 0 spiro atoms. The number of nitrogens with zero attached hydrogens (tertiary/aromatic N) is 2. The highest BCUT2D eigenvalue weighted by molar-refractivity contribution is 7.13. The number of thiazole rings is 1. The first-order valence-corrected chi connectivity index (χ1v) is 4.07. The van der Waals surface area contributed by atoms with Crippen molar-refractivity contribution in [1.82, 2.24) is 9.97 Å². The molecule has 0 N–H and O–H groups in total. The van der Waals surface area contributed by atoms with Crippen molar-refractivity contribution in [2.75, 3.05) is 0 Å². The van der Waals surface area contributed by atoms with Gasteiger partial charge >= 0.3 is 0 Å². The van der Waals surface area contributed by atoms with Crippen molar-refractivity contribution in [1.29, 1.82) is 0 Å². The zero-order chi connectivity index (χ0) is 7.52. The highest BCUT2D eigenvalue weighted by Gasteiger charge is 1.97. The summed E-state index contributed by atoms with van der Waals surface area (Å²) in [6.07, 6.45) is 6.32. The van der Waals surface area contributed by atoms with Gasteiger partial charge in [0.25, 0.3) is 0 Å². The van der Waals surface area contributed by atoms with Gasteiger partial charge in [-0.2, -0.15) is 0 Å². The summed E-state index contributed by atoms with van der Waals surface area (Å²) in [7, 11) is 0.